The van der Waals surface area contributed by atoms with Gasteiger partial charge < -0.3 is 11.1 Å². The second-order valence-electron chi connectivity index (χ2n) is 6.60. The first-order chi connectivity index (χ1) is 12.1. The number of nitrogens with one attached hydrogen (secondary N) is 1. The molecular weight excluding hydrogens is 353 g/mol. The Kier molecular flexibility index (Phi) is 7.57. The highest BCUT2D eigenvalue weighted by molar-refractivity contribution is 5.85. The molecule has 1 fully saturated rings. The largest absolute Gasteiger partial charge is 0.355 e. The van der Waals surface area contributed by atoms with E-state index >= 15 is 0 Å². The van der Waals surface area contributed by atoms with Gasteiger partial charge in [-0.25, -0.2) is 4.39 Å². The number of halogens is 2. The molecule has 3 rings (SSSR count). The molecule has 0 radical (unpaired) electrons. The minimum Gasteiger partial charge on any atom is -0.355 e. The molecule has 0 unspecified atom stereocenters. The van der Waals surface area contributed by atoms with E-state index in [1.807, 2.05) is 18.2 Å². The Morgan fingerprint density at radius 1 is 1.12 bits per heavy atom. The number of likely N-dealkylation sites (tertiary alicyclic amines) is 1. The van der Waals surface area contributed by atoms with E-state index in [4.69, 9.17) is 5.73 Å². The van der Waals surface area contributed by atoms with E-state index in [-0.39, 0.29) is 36.1 Å². The number of hydrogen-bond donors (Lipinski definition) is 2. The van der Waals surface area contributed by atoms with Crippen LogP contribution < -0.4 is 11.1 Å². The van der Waals surface area contributed by atoms with Crippen molar-refractivity contribution in [2.75, 3.05) is 26.2 Å². The maximum absolute atomic E-state index is 12.9. The van der Waals surface area contributed by atoms with Gasteiger partial charge in [0, 0.05) is 31.6 Å². The van der Waals surface area contributed by atoms with Crippen LogP contribution in [0.3, 0.4) is 0 Å². The zero-order valence-electron chi connectivity index (χ0n) is 14.6. The van der Waals surface area contributed by atoms with Crippen LogP contribution in [0.5, 0.6) is 0 Å². The molecule has 140 valence electrons. The van der Waals surface area contributed by atoms with Crippen molar-refractivity contribution < 1.29 is 9.18 Å². The fourth-order valence-corrected chi connectivity index (χ4v) is 3.35. The summed E-state index contributed by atoms with van der Waals surface area (Å²) in [5.74, 6) is 0.0300. The minimum absolute atomic E-state index is 0. The highest BCUT2D eigenvalue weighted by Crippen LogP contribution is 2.25. The second kappa shape index (κ2) is 9.67. The van der Waals surface area contributed by atoms with E-state index in [1.54, 1.807) is 12.1 Å². The van der Waals surface area contributed by atoms with Gasteiger partial charge >= 0.3 is 0 Å². The third-order valence-corrected chi connectivity index (χ3v) is 4.68. The first-order valence-electron chi connectivity index (χ1n) is 8.66. The molecule has 1 heterocycles. The Morgan fingerprint density at radius 3 is 2.50 bits per heavy atom. The molecule has 1 aliphatic rings. The first-order valence-corrected chi connectivity index (χ1v) is 8.66. The van der Waals surface area contributed by atoms with Crippen LogP contribution in [-0.4, -0.2) is 43.0 Å². The predicted octanol–water partition coefficient (Wildman–Crippen LogP) is 2.33. The molecule has 0 bridgehead atoms. The summed E-state index contributed by atoms with van der Waals surface area (Å²) in [7, 11) is 0. The predicted molar refractivity (Wildman–Crippen MR) is 104 cm³/mol. The molecular formula is C20H25ClFN3O. The summed E-state index contributed by atoms with van der Waals surface area (Å²) < 4.78 is 12.9. The third-order valence-electron chi connectivity index (χ3n) is 4.68. The van der Waals surface area contributed by atoms with Crippen molar-refractivity contribution >= 4 is 18.3 Å². The highest BCUT2D eigenvalue weighted by Gasteiger charge is 2.31. The second-order valence-corrected chi connectivity index (χ2v) is 6.60. The van der Waals surface area contributed by atoms with E-state index in [2.05, 4.69) is 22.3 Å². The van der Waals surface area contributed by atoms with Crippen LogP contribution in [0.4, 0.5) is 4.39 Å². The third kappa shape index (κ3) is 5.53. The SMILES string of the molecule is Cl.N[C@@H]1CN(CC(=O)NCCc2ccc(F)cc2)C[C@H]1c1ccccc1. The summed E-state index contributed by atoms with van der Waals surface area (Å²) in [6.07, 6.45) is 0.693. The average molecular weight is 378 g/mol. The molecule has 0 aromatic heterocycles. The monoisotopic (exact) mass is 377 g/mol. The van der Waals surface area contributed by atoms with E-state index in [0.717, 1.165) is 18.7 Å². The Bertz CT molecular complexity index is 696. The van der Waals surface area contributed by atoms with Gasteiger partial charge in [-0.15, -0.1) is 12.4 Å². The summed E-state index contributed by atoms with van der Waals surface area (Å²) in [6.45, 7) is 2.44. The smallest absolute Gasteiger partial charge is 0.234 e. The quantitative estimate of drug-likeness (QED) is 0.812. The number of benzene rings is 2. The maximum atomic E-state index is 12.9. The van der Waals surface area contributed by atoms with Gasteiger partial charge in [-0.1, -0.05) is 42.5 Å². The van der Waals surface area contributed by atoms with Gasteiger partial charge in [0.1, 0.15) is 5.82 Å². The Balaban J connectivity index is 0.00000243. The number of amides is 1. The minimum atomic E-state index is -0.244. The molecule has 0 spiro atoms. The van der Waals surface area contributed by atoms with Crippen LogP contribution in [0.15, 0.2) is 54.6 Å². The fourth-order valence-electron chi connectivity index (χ4n) is 3.35. The van der Waals surface area contributed by atoms with Gasteiger partial charge in [0.05, 0.1) is 6.54 Å². The Labute approximate surface area is 160 Å². The van der Waals surface area contributed by atoms with Gasteiger partial charge in [-0.05, 0) is 29.7 Å². The lowest BCUT2D eigenvalue weighted by molar-refractivity contribution is -0.122. The van der Waals surface area contributed by atoms with E-state index in [0.29, 0.717) is 19.5 Å². The van der Waals surface area contributed by atoms with Gasteiger partial charge in [-0.2, -0.15) is 0 Å². The first kappa shape index (κ1) is 20.4. The number of rotatable bonds is 6. The van der Waals surface area contributed by atoms with E-state index in [1.165, 1.54) is 17.7 Å². The van der Waals surface area contributed by atoms with Gasteiger partial charge in [0.25, 0.3) is 0 Å². The molecule has 1 saturated heterocycles. The Morgan fingerprint density at radius 2 is 1.81 bits per heavy atom. The highest BCUT2D eigenvalue weighted by atomic mass is 35.5. The van der Waals surface area contributed by atoms with Crippen LogP contribution in [-0.2, 0) is 11.2 Å². The molecule has 2 aromatic carbocycles. The lowest BCUT2D eigenvalue weighted by Crippen LogP contribution is -2.38. The summed E-state index contributed by atoms with van der Waals surface area (Å²) in [5.41, 5.74) is 8.50. The van der Waals surface area contributed by atoms with Crippen LogP contribution in [0.25, 0.3) is 0 Å². The summed E-state index contributed by atoms with van der Waals surface area (Å²) >= 11 is 0. The lowest BCUT2D eigenvalue weighted by Gasteiger charge is -2.16. The van der Waals surface area contributed by atoms with Crippen molar-refractivity contribution in [3.05, 3.63) is 71.5 Å². The molecule has 1 amide bonds. The van der Waals surface area contributed by atoms with Crippen LogP contribution in [0.1, 0.15) is 17.0 Å². The van der Waals surface area contributed by atoms with Crippen LogP contribution in [0.2, 0.25) is 0 Å². The van der Waals surface area contributed by atoms with E-state index in [9.17, 15) is 9.18 Å². The average Bonchev–Trinajstić information content (AvgIpc) is 2.97. The van der Waals surface area contributed by atoms with Gasteiger partial charge in [-0.3, -0.25) is 9.69 Å². The zero-order valence-corrected chi connectivity index (χ0v) is 15.4. The van der Waals surface area contributed by atoms with E-state index < -0.39 is 0 Å². The summed E-state index contributed by atoms with van der Waals surface area (Å²) in [5, 5.41) is 2.93. The van der Waals surface area contributed by atoms with Crippen molar-refractivity contribution in [1.82, 2.24) is 10.2 Å². The summed E-state index contributed by atoms with van der Waals surface area (Å²) in [4.78, 5) is 14.2. The zero-order chi connectivity index (χ0) is 17.6. The number of nitrogens with zero attached hydrogens (tertiary/aromatic N) is 1. The van der Waals surface area contributed by atoms with Gasteiger partial charge in [0.2, 0.25) is 5.91 Å². The van der Waals surface area contributed by atoms with Crippen LogP contribution in [0, 0.1) is 5.82 Å². The maximum Gasteiger partial charge on any atom is 0.234 e. The van der Waals surface area contributed by atoms with Crippen LogP contribution >= 0.6 is 12.4 Å². The summed E-state index contributed by atoms with van der Waals surface area (Å²) in [6, 6.07) is 16.6. The molecule has 26 heavy (non-hydrogen) atoms. The normalized spacial score (nSPS) is 19.8. The van der Waals surface area contributed by atoms with Crippen molar-refractivity contribution in [3.63, 3.8) is 0 Å². The number of carbonyl (C=O) groups excluding carboxylic acids is 1. The van der Waals surface area contributed by atoms with Gasteiger partial charge in [0.15, 0.2) is 0 Å². The molecule has 4 nitrogen and oxygen atoms in total. The molecule has 2 atom stereocenters. The molecule has 6 heteroatoms. The van der Waals surface area contributed by atoms with Crippen molar-refractivity contribution in [1.29, 1.82) is 0 Å². The number of carbonyl (C=O) groups is 1. The molecule has 1 aliphatic heterocycles. The Hall–Kier alpha value is -1.95. The van der Waals surface area contributed by atoms with Crippen molar-refractivity contribution in [2.45, 2.75) is 18.4 Å². The lowest BCUT2D eigenvalue weighted by atomic mass is 9.95. The molecule has 0 saturated carbocycles. The molecule has 0 aliphatic carbocycles. The van der Waals surface area contributed by atoms with Crippen molar-refractivity contribution in [3.8, 4) is 0 Å². The molecule has 3 N–H and O–H groups in total. The fraction of sp³-hybridized carbons (Fsp3) is 0.350. The number of hydrogen-bond acceptors (Lipinski definition) is 3. The standard InChI is InChI=1S/C20H24FN3O.ClH/c21-17-8-6-15(7-9-17)10-11-23-20(25)14-24-12-18(19(22)13-24)16-4-2-1-3-5-16;/h1-9,18-19H,10-14,22H2,(H,23,25);1H/t18-,19+;/m0./s1. The molecule has 2 aromatic rings. The number of nitrogens with two attached hydrogens (primary N) is 1. The van der Waals surface area contributed by atoms with Crippen molar-refractivity contribution in [2.24, 2.45) is 5.73 Å². The topological polar surface area (TPSA) is 58.4 Å².